The summed E-state index contributed by atoms with van der Waals surface area (Å²) in [6.45, 7) is 28.7. The van der Waals surface area contributed by atoms with Crippen molar-refractivity contribution in [1.82, 2.24) is 0 Å². The van der Waals surface area contributed by atoms with Crippen LogP contribution < -0.4 is 0 Å². The lowest BCUT2D eigenvalue weighted by atomic mass is 10.4. The minimum absolute atomic E-state index is 0.0196. The summed E-state index contributed by atoms with van der Waals surface area (Å²) >= 11 is 0. The molecule has 0 aliphatic heterocycles. The van der Waals surface area contributed by atoms with E-state index in [1.165, 1.54) is 0 Å². The van der Waals surface area contributed by atoms with Crippen molar-refractivity contribution in [2.24, 2.45) is 0 Å². The molecule has 0 heterocycles. The molecule has 2 unspecified atom stereocenters. The lowest BCUT2D eigenvalue weighted by molar-refractivity contribution is -0.0218. The average Bonchev–Trinajstić information content (AvgIpc) is 2.37. The predicted octanol–water partition coefficient (Wildman–Crippen LogP) is 5.15. The third kappa shape index (κ3) is 19.7. The van der Waals surface area contributed by atoms with E-state index in [0.29, 0.717) is 26.4 Å². The first-order valence-corrected chi connectivity index (χ1v) is 23.7. The van der Waals surface area contributed by atoms with Crippen molar-refractivity contribution in [2.45, 2.75) is 90.8 Å². The highest BCUT2D eigenvalue weighted by atomic mass is 28.4. The van der Waals surface area contributed by atoms with Crippen LogP contribution in [0, 0.1) is 0 Å². The summed E-state index contributed by atoms with van der Waals surface area (Å²) in [4.78, 5) is 0. The van der Waals surface area contributed by atoms with E-state index in [1.54, 1.807) is 0 Å². The Morgan fingerprint density at radius 3 is 0.963 bits per heavy atom. The van der Waals surface area contributed by atoms with Gasteiger partial charge < -0.3 is 22.4 Å². The zero-order valence-corrected chi connectivity index (χ0v) is 24.0. The molecule has 27 heavy (non-hydrogen) atoms. The summed E-state index contributed by atoms with van der Waals surface area (Å²) in [6.07, 6.45) is -0.0392. The summed E-state index contributed by atoms with van der Waals surface area (Å²) in [6, 6.07) is 0. The maximum Gasteiger partial charge on any atom is 0.184 e. The quantitative estimate of drug-likeness (QED) is 0.340. The Morgan fingerprint density at radius 2 is 0.741 bits per heavy atom. The van der Waals surface area contributed by atoms with E-state index in [1.807, 2.05) is 0 Å². The highest BCUT2D eigenvalue weighted by Crippen LogP contribution is 2.14. The molecule has 0 rings (SSSR count). The van der Waals surface area contributed by atoms with Gasteiger partial charge in [-0.2, -0.15) is 0 Å². The Bertz CT molecular complexity index is 370. The van der Waals surface area contributed by atoms with Gasteiger partial charge in [0.05, 0.1) is 38.6 Å². The van der Waals surface area contributed by atoms with E-state index in [4.69, 9.17) is 22.4 Å². The lowest BCUT2D eigenvalue weighted by Gasteiger charge is -2.31. The van der Waals surface area contributed by atoms with Crippen molar-refractivity contribution in [3.05, 3.63) is 0 Å². The van der Waals surface area contributed by atoms with Crippen molar-refractivity contribution in [1.29, 1.82) is 0 Å². The molecule has 0 N–H and O–H groups in total. The topological polar surface area (TPSA) is 46.2 Å². The van der Waals surface area contributed by atoms with E-state index < -0.39 is 33.3 Å². The predicted molar refractivity (Wildman–Crippen MR) is 126 cm³/mol. The minimum Gasteiger partial charge on any atom is -0.415 e. The van der Waals surface area contributed by atoms with Crippen LogP contribution in [0.3, 0.4) is 0 Å². The summed E-state index contributed by atoms with van der Waals surface area (Å²) in [5.41, 5.74) is 0. The zero-order valence-electron chi connectivity index (χ0n) is 20.0. The molecule has 164 valence electrons. The second-order valence-corrected chi connectivity index (χ2v) is 29.0. The molecule has 0 aromatic heterocycles. The van der Waals surface area contributed by atoms with E-state index in [2.05, 4.69) is 78.6 Å². The molecule has 0 aromatic rings. The number of ether oxygens (including phenoxy) is 1. The van der Waals surface area contributed by atoms with Crippen LogP contribution in [0.1, 0.15) is 0 Å². The molecule has 0 aliphatic rings. The van der Waals surface area contributed by atoms with E-state index >= 15 is 0 Å². The Labute approximate surface area is 173 Å². The first-order chi connectivity index (χ1) is 11.9. The molecule has 0 radical (unpaired) electrons. The van der Waals surface area contributed by atoms with Crippen molar-refractivity contribution in [3.63, 3.8) is 0 Å². The molecule has 2 atom stereocenters. The van der Waals surface area contributed by atoms with Gasteiger partial charge in [-0.3, -0.25) is 0 Å². The van der Waals surface area contributed by atoms with Crippen molar-refractivity contribution < 1.29 is 22.4 Å². The molecular weight excluding hydrogens is 409 g/mol. The fraction of sp³-hybridized carbons (Fsp3) is 1.00. The Hall–Kier alpha value is 0.668. The molecule has 0 aliphatic carbocycles. The molecule has 0 bridgehead atoms. The van der Waals surface area contributed by atoms with Crippen molar-refractivity contribution >= 4 is 33.3 Å². The van der Waals surface area contributed by atoms with Crippen molar-refractivity contribution in [3.8, 4) is 0 Å². The average molecular weight is 455 g/mol. The fourth-order valence-corrected chi connectivity index (χ4v) is 5.89. The third-order valence-electron chi connectivity index (χ3n) is 3.05. The van der Waals surface area contributed by atoms with Gasteiger partial charge in [-0.1, -0.05) is 0 Å². The second-order valence-electron chi connectivity index (χ2n) is 11.1. The van der Waals surface area contributed by atoms with E-state index in [9.17, 15) is 0 Å². The van der Waals surface area contributed by atoms with Crippen LogP contribution in [0.5, 0.6) is 0 Å². The van der Waals surface area contributed by atoms with Gasteiger partial charge in [0.1, 0.15) is 0 Å². The Balaban J connectivity index is 4.72. The highest BCUT2D eigenvalue weighted by molar-refractivity contribution is 6.70. The normalized spacial score (nSPS) is 16.4. The van der Waals surface area contributed by atoms with Gasteiger partial charge in [-0.25, -0.2) is 0 Å². The SMILES string of the molecule is C[Si](C)(C)OCC(COCC(CO[Si](C)(C)C)O[Si](C)(C)C)O[Si](C)(C)C. The summed E-state index contributed by atoms with van der Waals surface area (Å²) < 4.78 is 30.8. The Morgan fingerprint density at radius 1 is 0.444 bits per heavy atom. The monoisotopic (exact) mass is 454 g/mol. The molecule has 0 saturated carbocycles. The van der Waals surface area contributed by atoms with Crippen LogP contribution in [0.25, 0.3) is 0 Å². The molecule has 0 spiro atoms. The van der Waals surface area contributed by atoms with Crippen LogP contribution in [0.15, 0.2) is 0 Å². The smallest absolute Gasteiger partial charge is 0.184 e. The number of hydrogen-bond donors (Lipinski definition) is 0. The summed E-state index contributed by atoms with van der Waals surface area (Å²) in [5.74, 6) is 0. The highest BCUT2D eigenvalue weighted by Gasteiger charge is 2.27. The van der Waals surface area contributed by atoms with Crippen LogP contribution >= 0.6 is 0 Å². The van der Waals surface area contributed by atoms with E-state index in [-0.39, 0.29) is 12.2 Å². The van der Waals surface area contributed by atoms with Crippen LogP contribution in [0.4, 0.5) is 0 Å². The van der Waals surface area contributed by atoms with Gasteiger partial charge in [0.2, 0.25) is 0 Å². The molecule has 0 fully saturated rings. The van der Waals surface area contributed by atoms with E-state index in [0.717, 1.165) is 0 Å². The molecule has 0 aromatic carbocycles. The molecule has 0 saturated heterocycles. The largest absolute Gasteiger partial charge is 0.415 e. The summed E-state index contributed by atoms with van der Waals surface area (Å²) in [5, 5.41) is 0. The number of hydrogen-bond acceptors (Lipinski definition) is 5. The summed E-state index contributed by atoms with van der Waals surface area (Å²) in [7, 11) is -6.47. The van der Waals surface area contributed by atoms with Crippen molar-refractivity contribution in [2.75, 3.05) is 26.4 Å². The molecular formula is C18H46O5Si4. The number of rotatable bonds is 14. The standard InChI is InChI=1S/C18H46O5Si4/c1-24(2,3)20-15-17(22-26(7,8)9)13-19-14-18(23-27(10,11)12)16-21-25(4,5)6/h17-18H,13-16H2,1-12H3. The van der Waals surface area contributed by atoms with Gasteiger partial charge in [0.15, 0.2) is 33.3 Å². The zero-order chi connectivity index (χ0) is 21.5. The van der Waals surface area contributed by atoms with Gasteiger partial charge >= 0.3 is 0 Å². The van der Waals surface area contributed by atoms with Crippen LogP contribution in [0.2, 0.25) is 78.6 Å². The molecule has 5 nitrogen and oxygen atoms in total. The maximum absolute atomic E-state index is 6.28. The third-order valence-corrected chi connectivity index (χ3v) is 7.20. The van der Waals surface area contributed by atoms with Gasteiger partial charge in [-0.05, 0) is 78.6 Å². The fourth-order valence-electron chi connectivity index (χ4n) is 2.25. The first kappa shape index (κ1) is 27.7. The molecule has 0 amide bonds. The van der Waals surface area contributed by atoms with Gasteiger partial charge in [0, 0.05) is 0 Å². The lowest BCUT2D eigenvalue weighted by Crippen LogP contribution is -2.43. The van der Waals surface area contributed by atoms with Crippen LogP contribution in [-0.2, 0) is 22.4 Å². The maximum atomic E-state index is 6.28. The van der Waals surface area contributed by atoms with Gasteiger partial charge in [0.25, 0.3) is 0 Å². The van der Waals surface area contributed by atoms with Gasteiger partial charge in [-0.15, -0.1) is 0 Å². The molecule has 9 heteroatoms. The first-order valence-electron chi connectivity index (χ1n) is 10.1. The minimum atomic E-state index is -1.66. The second kappa shape index (κ2) is 11.2. The van der Waals surface area contributed by atoms with Crippen LogP contribution in [-0.4, -0.2) is 71.9 Å². The Kier molecular flexibility index (Phi) is 11.4.